The third-order valence-corrected chi connectivity index (χ3v) is 3.61. The van der Waals surface area contributed by atoms with Gasteiger partial charge in [-0.05, 0) is 24.1 Å². The van der Waals surface area contributed by atoms with Crippen LogP contribution in [0.2, 0.25) is 0 Å². The maximum atomic E-state index is 12.0. The van der Waals surface area contributed by atoms with E-state index < -0.39 is 0 Å². The second kappa shape index (κ2) is 4.58. The summed E-state index contributed by atoms with van der Waals surface area (Å²) in [6, 6.07) is 5.93. The van der Waals surface area contributed by atoms with Gasteiger partial charge in [-0.3, -0.25) is 4.79 Å². The molecule has 86 valence electrons. The van der Waals surface area contributed by atoms with E-state index in [1.165, 1.54) is 0 Å². The minimum absolute atomic E-state index is 0.0859. The van der Waals surface area contributed by atoms with Crippen molar-refractivity contribution in [1.82, 2.24) is 0 Å². The largest absolute Gasteiger partial charge is 0.482 e. The Kier molecular flexibility index (Phi) is 3.33. The molecule has 1 aromatic carbocycles. The Hall–Kier alpha value is -0.830. The summed E-state index contributed by atoms with van der Waals surface area (Å²) in [6.07, 6.45) is 1.31. The molecule has 0 fully saturated rings. The molecule has 1 heterocycles. The molecule has 2 nitrogen and oxygen atoms in total. The number of hydrogen-bond acceptors (Lipinski definition) is 2. The first kappa shape index (κ1) is 11.6. The molecular formula is C13H15BrO2. The van der Waals surface area contributed by atoms with Gasteiger partial charge in [-0.15, -0.1) is 0 Å². The molecule has 0 radical (unpaired) electrons. The minimum atomic E-state index is -0.278. The highest BCUT2D eigenvalue weighted by Gasteiger charge is 2.31. The van der Waals surface area contributed by atoms with E-state index in [4.69, 9.17) is 4.74 Å². The number of ketones is 1. The number of benzene rings is 1. The summed E-state index contributed by atoms with van der Waals surface area (Å²) in [5, 5.41) is 0. The number of carbonyl (C=O) groups is 1. The lowest BCUT2D eigenvalue weighted by Crippen LogP contribution is -2.30. The normalized spacial score (nSPS) is 20.1. The van der Waals surface area contributed by atoms with Gasteiger partial charge in [0, 0.05) is 16.8 Å². The molecule has 0 bridgehead atoms. The van der Waals surface area contributed by atoms with Crippen molar-refractivity contribution in [3.05, 3.63) is 28.2 Å². The van der Waals surface area contributed by atoms with Crippen LogP contribution in [0.4, 0.5) is 0 Å². The van der Waals surface area contributed by atoms with Gasteiger partial charge in [-0.1, -0.05) is 35.8 Å². The van der Waals surface area contributed by atoms with E-state index >= 15 is 0 Å². The summed E-state index contributed by atoms with van der Waals surface area (Å²) in [5.74, 6) is 1.15. The van der Waals surface area contributed by atoms with E-state index in [0.717, 1.165) is 22.2 Å². The van der Waals surface area contributed by atoms with Crippen LogP contribution in [0.5, 0.6) is 5.75 Å². The Balaban J connectivity index is 2.14. The fourth-order valence-electron chi connectivity index (χ4n) is 1.88. The molecule has 2 rings (SSSR count). The zero-order valence-electron chi connectivity index (χ0n) is 9.50. The van der Waals surface area contributed by atoms with Crippen molar-refractivity contribution >= 4 is 21.7 Å². The first-order valence-electron chi connectivity index (χ1n) is 5.60. The Morgan fingerprint density at radius 2 is 2.38 bits per heavy atom. The summed E-state index contributed by atoms with van der Waals surface area (Å²) >= 11 is 3.40. The molecule has 3 heteroatoms. The molecule has 0 saturated heterocycles. The molecule has 0 saturated carbocycles. The number of carbonyl (C=O) groups excluding carboxylic acids is 1. The lowest BCUT2D eigenvalue weighted by molar-refractivity contribution is -0.128. The van der Waals surface area contributed by atoms with E-state index in [9.17, 15) is 4.79 Å². The quantitative estimate of drug-likeness (QED) is 0.850. The van der Waals surface area contributed by atoms with Crippen LogP contribution in [0, 0.1) is 5.92 Å². The summed E-state index contributed by atoms with van der Waals surface area (Å²) < 4.78 is 6.68. The average Bonchev–Trinajstić information content (AvgIpc) is 2.69. The number of hydrogen-bond donors (Lipinski definition) is 0. The van der Waals surface area contributed by atoms with Gasteiger partial charge in [-0.25, -0.2) is 0 Å². The van der Waals surface area contributed by atoms with Crippen LogP contribution in [0.25, 0.3) is 0 Å². The Bertz CT molecular complexity index is 414. The lowest BCUT2D eigenvalue weighted by atomic mass is 9.96. The predicted octanol–water partition coefficient (Wildman–Crippen LogP) is 3.37. The van der Waals surface area contributed by atoms with Gasteiger partial charge in [0.25, 0.3) is 0 Å². The Labute approximate surface area is 104 Å². The summed E-state index contributed by atoms with van der Waals surface area (Å²) in [5.41, 5.74) is 1.13. The molecular weight excluding hydrogens is 268 g/mol. The van der Waals surface area contributed by atoms with Crippen LogP contribution in [-0.4, -0.2) is 11.9 Å². The average molecular weight is 283 g/mol. The van der Waals surface area contributed by atoms with Crippen LogP contribution in [0.1, 0.15) is 25.8 Å². The van der Waals surface area contributed by atoms with Gasteiger partial charge in [-0.2, -0.15) is 0 Å². The first-order chi connectivity index (χ1) is 7.61. The third kappa shape index (κ3) is 2.14. The van der Waals surface area contributed by atoms with Crippen LogP contribution in [0.15, 0.2) is 22.7 Å². The molecule has 0 aromatic heterocycles. The monoisotopic (exact) mass is 282 g/mol. The summed E-state index contributed by atoms with van der Waals surface area (Å²) in [6.45, 7) is 3.99. The Morgan fingerprint density at radius 3 is 3.06 bits per heavy atom. The molecule has 0 N–H and O–H groups in total. The molecule has 1 aliphatic heterocycles. The predicted molar refractivity (Wildman–Crippen MR) is 66.7 cm³/mol. The van der Waals surface area contributed by atoms with E-state index in [-0.39, 0.29) is 17.8 Å². The number of Topliss-reactive ketones (excluding diaryl/α,β-unsaturated/α-hetero) is 1. The second-order valence-electron chi connectivity index (χ2n) is 4.27. The van der Waals surface area contributed by atoms with Crippen LogP contribution >= 0.6 is 15.9 Å². The van der Waals surface area contributed by atoms with Crippen molar-refractivity contribution < 1.29 is 9.53 Å². The molecule has 0 amide bonds. The van der Waals surface area contributed by atoms with Crippen LogP contribution in [-0.2, 0) is 11.2 Å². The van der Waals surface area contributed by atoms with E-state index in [1.54, 1.807) is 0 Å². The molecule has 0 aliphatic carbocycles. The number of rotatable bonds is 3. The van der Waals surface area contributed by atoms with Crippen LogP contribution in [0.3, 0.4) is 0 Å². The third-order valence-electron chi connectivity index (χ3n) is 3.12. The number of fused-ring (bicyclic) bond motifs is 1. The van der Waals surface area contributed by atoms with Gasteiger partial charge >= 0.3 is 0 Å². The van der Waals surface area contributed by atoms with Gasteiger partial charge in [0.15, 0.2) is 11.9 Å². The van der Waals surface area contributed by atoms with Crippen molar-refractivity contribution in [1.29, 1.82) is 0 Å². The summed E-state index contributed by atoms with van der Waals surface area (Å²) in [7, 11) is 0. The van der Waals surface area contributed by atoms with Crippen molar-refractivity contribution in [2.45, 2.75) is 32.8 Å². The highest BCUT2D eigenvalue weighted by Crippen LogP contribution is 2.32. The van der Waals surface area contributed by atoms with Gasteiger partial charge in [0.05, 0.1) is 0 Å². The van der Waals surface area contributed by atoms with E-state index in [2.05, 4.69) is 15.9 Å². The fraction of sp³-hybridized carbons (Fsp3) is 0.462. The summed E-state index contributed by atoms with van der Waals surface area (Å²) in [4.78, 5) is 12.0. The van der Waals surface area contributed by atoms with Gasteiger partial charge < -0.3 is 4.74 Å². The van der Waals surface area contributed by atoms with Crippen molar-refractivity contribution in [3.63, 3.8) is 0 Å². The van der Waals surface area contributed by atoms with E-state index in [0.29, 0.717) is 6.42 Å². The molecule has 16 heavy (non-hydrogen) atoms. The molecule has 1 aromatic rings. The zero-order valence-corrected chi connectivity index (χ0v) is 11.1. The molecule has 2 atom stereocenters. The van der Waals surface area contributed by atoms with Gasteiger partial charge in [0.1, 0.15) is 5.75 Å². The number of halogens is 1. The van der Waals surface area contributed by atoms with Crippen molar-refractivity contribution in [3.8, 4) is 5.75 Å². The second-order valence-corrected chi connectivity index (χ2v) is 5.19. The first-order valence-corrected chi connectivity index (χ1v) is 6.40. The molecule has 1 aliphatic rings. The smallest absolute Gasteiger partial charge is 0.176 e. The van der Waals surface area contributed by atoms with Gasteiger partial charge in [0.2, 0.25) is 0 Å². The zero-order chi connectivity index (χ0) is 11.7. The highest BCUT2D eigenvalue weighted by atomic mass is 79.9. The Morgan fingerprint density at radius 1 is 1.62 bits per heavy atom. The van der Waals surface area contributed by atoms with Crippen LogP contribution < -0.4 is 4.74 Å². The molecule has 0 spiro atoms. The SMILES string of the molecule is CCC(C)C(=O)C1Cc2ccc(Br)cc2O1. The standard InChI is InChI=1S/C13H15BrO2/c1-3-8(2)13(15)12-6-9-4-5-10(14)7-11(9)16-12/h4-5,7-8,12H,3,6H2,1-2H3. The molecule has 2 unspecified atom stereocenters. The maximum Gasteiger partial charge on any atom is 0.176 e. The van der Waals surface area contributed by atoms with Crippen molar-refractivity contribution in [2.75, 3.05) is 0 Å². The lowest BCUT2D eigenvalue weighted by Gasteiger charge is -2.13. The maximum absolute atomic E-state index is 12.0. The van der Waals surface area contributed by atoms with Crippen molar-refractivity contribution in [2.24, 2.45) is 5.92 Å². The van der Waals surface area contributed by atoms with E-state index in [1.807, 2.05) is 32.0 Å². The fourth-order valence-corrected chi connectivity index (χ4v) is 2.22. The number of ether oxygens (including phenoxy) is 1. The minimum Gasteiger partial charge on any atom is -0.482 e. The highest BCUT2D eigenvalue weighted by molar-refractivity contribution is 9.10. The topological polar surface area (TPSA) is 26.3 Å².